The molecule has 0 aliphatic carbocycles. The molecular weight excluding hydrogens is 200 g/mol. The van der Waals surface area contributed by atoms with Crippen LogP contribution >= 0.6 is 0 Å². The van der Waals surface area contributed by atoms with Crippen molar-refractivity contribution < 1.29 is 8.42 Å². The summed E-state index contributed by atoms with van der Waals surface area (Å²) >= 11 is 0. The SMILES string of the molecule is O=S1(=O)CCCN1Cc1ccccn1. The van der Waals surface area contributed by atoms with E-state index < -0.39 is 10.0 Å². The summed E-state index contributed by atoms with van der Waals surface area (Å²) < 4.78 is 24.4. The van der Waals surface area contributed by atoms with Crippen LogP contribution in [0.5, 0.6) is 0 Å². The van der Waals surface area contributed by atoms with Gasteiger partial charge in [-0.15, -0.1) is 0 Å². The Bertz CT molecular complexity index is 402. The molecule has 76 valence electrons. The third-order valence-corrected chi connectivity index (χ3v) is 4.17. The van der Waals surface area contributed by atoms with Crippen LogP contribution in [0.2, 0.25) is 0 Å². The Hall–Kier alpha value is -0.940. The highest BCUT2D eigenvalue weighted by Crippen LogP contribution is 2.15. The first-order valence-electron chi connectivity index (χ1n) is 4.56. The Morgan fingerprint density at radius 1 is 1.43 bits per heavy atom. The predicted octanol–water partition coefficient (Wildman–Crippen LogP) is 0.617. The van der Waals surface area contributed by atoms with Crippen molar-refractivity contribution in [3.05, 3.63) is 30.1 Å². The minimum atomic E-state index is -2.99. The summed E-state index contributed by atoms with van der Waals surface area (Å²) in [6, 6.07) is 5.53. The highest BCUT2D eigenvalue weighted by Gasteiger charge is 2.28. The summed E-state index contributed by atoms with van der Waals surface area (Å²) in [5.41, 5.74) is 0.804. The largest absolute Gasteiger partial charge is 0.260 e. The lowest BCUT2D eigenvalue weighted by molar-refractivity contribution is 0.435. The lowest BCUT2D eigenvalue weighted by atomic mass is 10.3. The monoisotopic (exact) mass is 212 g/mol. The van der Waals surface area contributed by atoms with Gasteiger partial charge in [0.25, 0.3) is 0 Å². The molecule has 1 aliphatic rings. The fourth-order valence-corrected chi connectivity index (χ4v) is 3.03. The molecule has 1 saturated heterocycles. The average molecular weight is 212 g/mol. The molecule has 4 nitrogen and oxygen atoms in total. The second-order valence-corrected chi connectivity index (χ2v) is 5.41. The lowest BCUT2D eigenvalue weighted by Gasteiger charge is -2.12. The van der Waals surface area contributed by atoms with Gasteiger partial charge in [0, 0.05) is 12.7 Å². The molecule has 0 radical (unpaired) electrons. The van der Waals surface area contributed by atoms with E-state index in [0.717, 1.165) is 12.1 Å². The fraction of sp³-hybridized carbons (Fsp3) is 0.444. The summed E-state index contributed by atoms with van der Waals surface area (Å²) in [5.74, 6) is 0.278. The van der Waals surface area contributed by atoms with E-state index in [9.17, 15) is 8.42 Å². The van der Waals surface area contributed by atoms with E-state index in [-0.39, 0.29) is 5.75 Å². The van der Waals surface area contributed by atoms with Gasteiger partial charge in [0.15, 0.2) is 0 Å². The summed E-state index contributed by atoms with van der Waals surface area (Å²) in [7, 11) is -2.99. The minimum Gasteiger partial charge on any atom is -0.260 e. The zero-order chi connectivity index (χ0) is 10.0. The standard InChI is InChI=1S/C9H12N2O2S/c12-14(13)7-3-6-11(14)8-9-4-1-2-5-10-9/h1-2,4-5H,3,6-8H2. The van der Waals surface area contributed by atoms with Crippen molar-refractivity contribution in [2.45, 2.75) is 13.0 Å². The maximum Gasteiger partial charge on any atom is 0.214 e. The molecule has 0 atom stereocenters. The highest BCUT2D eigenvalue weighted by atomic mass is 32.2. The summed E-state index contributed by atoms with van der Waals surface area (Å²) in [4.78, 5) is 4.10. The van der Waals surface area contributed by atoms with Gasteiger partial charge in [-0.3, -0.25) is 4.98 Å². The Labute approximate surface area is 83.6 Å². The van der Waals surface area contributed by atoms with E-state index >= 15 is 0 Å². The van der Waals surface area contributed by atoms with Gasteiger partial charge in [-0.2, -0.15) is 4.31 Å². The Kier molecular flexibility index (Phi) is 2.52. The van der Waals surface area contributed by atoms with Gasteiger partial charge in [-0.1, -0.05) is 6.07 Å². The van der Waals surface area contributed by atoms with Crippen molar-refractivity contribution >= 4 is 10.0 Å². The van der Waals surface area contributed by atoms with Crippen molar-refractivity contribution in [3.63, 3.8) is 0 Å². The zero-order valence-electron chi connectivity index (χ0n) is 7.76. The molecule has 5 heteroatoms. The maximum atomic E-state index is 11.5. The highest BCUT2D eigenvalue weighted by molar-refractivity contribution is 7.89. The Balaban J connectivity index is 2.13. The Morgan fingerprint density at radius 3 is 2.86 bits per heavy atom. The molecule has 1 aromatic heterocycles. The van der Waals surface area contributed by atoms with Gasteiger partial charge < -0.3 is 0 Å². The molecule has 0 spiro atoms. The van der Waals surface area contributed by atoms with Gasteiger partial charge in [-0.05, 0) is 18.6 Å². The van der Waals surface area contributed by atoms with E-state index in [1.54, 1.807) is 6.20 Å². The van der Waals surface area contributed by atoms with Crippen molar-refractivity contribution in [2.24, 2.45) is 0 Å². The van der Waals surface area contributed by atoms with Crippen LogP contribution < -0.4 is 0 Å². The molecule has 0 aromatic carbocycles. The molecule has 1 aromatic rings. The van der Waals surface area contributed by atoms with Gasteiger partial charge in [0.2, 0.25) is 10.0 Å². The van der Waals surface area contributed by atoms with E-state index in [1.165, 1.54) is 4.31 Å². The molecule has 0 N–H and O–H groups in total. The molecular formula is C9H12N2O2S. The van der Waals surface area contributed by atoms with Crippen LogP contribution in [0.3, 0.4) is 0 Å². The van der Waals surface area contributed by atoms with Crippen LogP contribution in [-0.4, -0.2) is 30.0 Å². The number of hydrogen-bond donors (Lipinski definition) is 0. The normalized spacial score (nSPS) is 21.1. The third kappa shape index (κ3) is 1.93. The number of aromatic nitrogens is 1. The topological polar surface area (TPSA) is 50.3 Å². The molecule has 0 amide bonds. The number of sulfonamides is 1. The van der Waals surface area contributed by atoms with Gasteiger partial charge in [-0.25, -0.2) is 8.42 Å². The summed E-state index contributed by atoms with van der Waals surface area (Å²) in [6.45, 7) is 1.03. The number of nitrogens with zero attached hydrogens (tertiary/aromatic N) is 2. The predicted molar refractivity (Wildman–Crippen MR) is 53.1 cm³/mol. The van der Waals surface area contributed by atoms with Crippen molar-refractivity contribution in [3.8, 4) is 0 Å². The average Bonchev–Trinajstić information content (AvgIpc) is 2.48. The first-order chi connectivity index (χ1) is 6.68. The molecule has 1 aliphatic heterocycles. The van der Waals surface area contributed by atoms with E-state index in [2.05, 4.69) is 4.98 Å². The summed E-state index contributed by atoms with van der Waals surface area (Å²) in [6.07, 6.45) is 2.41. The minimum absolute atomic E-state index is 0.278. The Morgan fingerprint density at radius 2 is 2.29 bits per heavy atom. The number of pyridine rings is 1. The zero-order valence-corrected chi connectivity index (χ0v) is 8.57. The molecule has 2 heterocycles. The van der Waals surface area contributed by atoms with Gasteiger partial charge in [0.05, 0.1) is 18.0 Å². The van der Waals surface area contributed by atoms with Crippen molar-refractivity contribution in [2.75, 3.05) is 12.3 Å². The molecule has 0 unspecified atom stereocenters. The lowest BCUT2D eigenvalue weighted by Crippen LogP contribution is -2.25. The molecule has 0 bridgehead atoms. The maximum absolute atomic E-state index is 11.5. The molecule has 1 fully saturated rings. The van der Waals surface area contributed by atoms with Gasteiger partial charge >= 0.3 is 0 Å². The smallest absolute Gasteiger partial charge is 0.214 e. The fourth-order valence-electron chi connectivity index (χ4n) is 1.54. The second kappa shape index (κ2) is 3.67. The first kappa shape index (κ1) is 9.61. The first-order valence-corrected chi connectivity index (χ1v) is 6.17. The van der Waals surface area contributed by atoms with Crippen LogP contribution in [0.15, 0.2) is 24.4 Å². The van der Waals surface area contributed by atoms with E-state index in [4.69, 9.17) is 0 Å². The van der Waals surface area contributed by atoms with Crippen LogP contribution in [0.4, 0.5) is 0 Å². The van der Waals surface area contributed by atoms with Gasteiger partial charge in [0.1, 0.15) is 0 Å². The van der Waals surface area contributed by atoms with Crippen LogP contribution in [0.1, 0.15) is 12.1 Å². The van der Waals surface area contributed by atoms with Crippen LogP contribution in [0.25, 0.3) is 0 Å². The van der Waals surface area contributed by atoms with Crippen LogP contribution in [-0.2, 0) is 16.6 Å². The molecule has 2 rings (SSSR count). The quantitative estimate of drug-likeness (QED) is 0.722. The van der Waals surface area contributed by atoms with E-state index in [0.29, 0.717) is 13.1 Å². The molecule has 0 saturated carbocycles. The van der Waals surface area contributed by atoms with Crippen molar-refractivity contribution in [1.29, 1.82) is 0 Å². The number of rotatable bonds is 2. The van der Waals surface area contributed by atoms with Crippen molar-refractivity contribution in [1.82, 2.24) is 9.29 Å². The number of hydrogen-bond acceptors (Lipinski definition) is 3. The van der Waals surface area contributed by atoms with E-state index in [1.807, 2.05) is 18.2 Å². The summed E-state index contributed by atoms with van der Waals surface area (Å²) in [5, 5.41) is 0. The second-order valence-electron chi connectivity index (χ2n) is 3.32. The third-order valence-electron chi connectivity index (χ3n) is 2.27. The molecule has 14 heavy (non-hydrogen) atoms. The van der Waals surface area contributed by atoms with Crippen LogP contribution in [0, 0.1) is 0 Å².